The fraction of sp³-hybridized carbons (Fsp3) is 0.722. The van der Waals surface area contributed by atoms with Crippen LogP contribution < -0.4 is 0 Å². The molecule has 0 atom stereocenters. The molecule has 2 rings (SSSR count). The summed E-state index contributed by atoms with van der Waals surface area (Å²) in [7, 11) is 0. The zero-order chi connectivity index (χ0) is 16.9. The van der Waals surface area contributed by atoms with Crippen molar-refractivity contribution in [1.29, 1.82) is 10.8 Å². The first-order chi connectivity index (χ1) is 11.0. The number of nitrogens with one attached hydrogen (secondary N) is 2. The van der Waals surface area contributed by atoms with Crippen LogP contribution in [-0.2, 0) is 12.0 Å². The van der Waals surface area contributed by atoms with E-state index < -0.39 is 5.60 Å². The second-order valence-electron chi connectivity index (χ2n) is 6.73. The maximum Gasteiger partial charge on any atom is 0.100 e. The molecule has 1 saturated carbocycles. The SMILES string of the molecule is CCCC(=N)Cc1ncc(C2(O)CCC(C(=N)CCC)CC2)s1. The lowest BCUT2D eigenvalue weighted by Gasteiger charge is -2.35. The lowest BCUT2D eigenvalue weighted by atomic mass is 9.76. The van der Waals surface area contributed by atoms with Crippen molar-refractivity contribution in [3.63, 3.8) is 0 Å². The molecule has 1 aromatic heterocycles. The van der Waals surface area contributed by atoms with Crippen LogP contribution in [-0.4, -0.2) is 21.5 Å². The molecule has 0 bridgehead atoms. The largest absolute Gasteiger partial charge is 0.384 e. The third-order valence-electron chi connectivity index (χ3n) is 4.75. The Morgan fingerprint density at radius 2 is 1.91 bits per heavy atom. The van der Waals surface area contributed by atoms with Gasteiger partial charge in [-0.25, -0.2) is 4.98 Å². The molecular weight excluding hydrogens is 306 g/mol. The van der Waals surface area contributed by atoms with E-state index in [-0.39, 0.29) is 0 Å². The van der Waals surface area contributed by atoms with Gasteiger partial charge in [0.2, 0.25) is 0 Å². The van der Waals surface area contributed by atoms with Gasteiger partial charge in [-0.1, -0.05) is 26.7 Å². The smallest absolute Gasteiger partial charge is 0.100 e. The zero-order valence-electron chi connectivity index (χ0n) is 14.3. The van der Waals surface area contributed by atoms with Gasteiger partial charge in [0.1, 0.15) is 5.60 Å². The van der Waals surface area contributed by atoms with Crippen molar-refractivity contribution in [3.8, 4) is 0 Å². The van der Waals surface area contributed by atoms with Crippen molar-refractivity contribution in [2.24, 2.45) is 5.92 Å². The van der Waals surface area contributed by atoms with Gasteiger partial charge in [0.15, 0.2) is 0 Å². The van der Waals surface area contributed by atoms with E-state index >= 15 is 0 Å². The Balaban J connectivity index is 1.96. The van der Waals surface area contributed by atoms with Crippen molar-refractivity contribution in [3.05, 3.63) is 16.1 Å². The van der Waals surface area contributed by atoms with E-state index in [0.29, 0.717) is 12.3 Å². The second-order valence-corrected chi connectivity index (χ2v) is 7.84. The average molecular weight is 336 g/mol. The van der Waals surface area contributed by atoms with E-state index in [9.17, 15) is 5.11 Å². The van der Waals surface area contributed by atoms with Crippen LogP contribution in [0, 0.1) is 16.7 Å². The number of aromatic nitrogens is 1. The first-order valence-corrected chi connectivity index (χ1v) is 9.61. The van der Waals surface area contributed by atoms with Crippen molar-refractivity contribution in [1.82, 2.24) is 4.98 Å². The fourth-order valence-electron chi connectivity index (χ4n) is 3.34. The molecule has 5 heteroatoms. The van der Waals surface area contributed by atoms with E-state index in [1.54, 1.807) is 17.5 Å². The molecule has 0 radical (unpaired) electrons. The van der Waals surface area contributed by atoms with Crippen LogP contribution in [0.1, 0.15) is 75.1 Å². The molecule has 1 fully saturated rings. The topological polar surface area (TPSA) is 80.8 Å². The van der Waals surface area contributed by atoms with E-state index in [1.807, 2.05) is 0 Å². The van der Waals surface area contributed by atoms with E-state index in [2.05, 4.69) is 18.8 Å². The summed E-state index contributed by atoms with van der Waals surface area (Å²) < 4.78 is 0. The Bertz CT molecular complexity index is 544. The molecule has 0 unspecified atom stereocenters. The molecule has 0 aliphatic heterocycles. The van der Waals surface area contributed by atoms with Gasteiger partial charge >= 0.3 is 0 Å². The summed E-state index contributed by atoms with van der Waals surface area (Å²) in [6.07, 6.45) is 9.37. The summed E-state index contributed by atoms with van der Waals surface area (Å²) in [4.78, 5) is 5.36. The van der Waals surface area contributed by atoms with Crippen molar-refractivity contribution >= 4 is 22.8 Å². The number of hydrogen-bond acceptors (Lipinski definition) is 5. The Morgan fingerprint density at radius 1 is 1.26 bits per heavy atom. The summed E-state index contributed by atoms with van der Waals surface area (Å²) in [5.41, 5.74) is 0.802. The summed E-state index contributed by atoms with van der Waals surface area (Å²) in [5, 5.41) is 28.0. The molecule has 0 spiro atoms. The molecule has 0 saturated heterocycles. The third kappa shape index (κ3) is 4.70. The van der Waals surface area contributed by atoms with Crippen LogP contribution in [0.2, 0.25) is 0 Å². The first-order valence-electron chi connectivity index (χ1n) is 8.79. The van der Waals surface area contributed by atoms with E-state index in [0.717, 1.165) is 72.7 Å². The lowest BCUT2D eigenvalue weighted by molar-refractivity contribution is -0.00398. The molecule has 4 nitrogen and oxygen atoms in total. The fourth-order valence-corrected chi connectivity index (χ4v) is 4.45. The molecule has 3 N–H and O–H groups in total. The number of thiazole rings is 1. The minimum Gasteiger partial charge on any atom is -0.384 e. The highest BCUT2D eigenvalue weighted by Crippen LogP contribution is 2.42. The molecule has 23 heavy (non-hydrogen) atoms. The Morgan fingerprint density at radius 3 is 2.52 bits per heavy atom. The summed E-state index contributed by atoms with van der Waals surface area (Å²) in [6, 6.07) is 0. The Hall–Kier alpha value is -1.07. The molecule has 128 valence electrons. The van der Waals surface area contributed by atoms with Gasteiger partial charge in [-0.2, -0.15) is 0 Å². The van der Waals surface area contributed by atoms with Gasteiger partial charge in [-0.05, 0) is 44.4 Å². The lowest BCUT2D eigenvalue weighted by Crippen LogP contribution is -2.33. The van der Waals surface area contributed by atoms with Gasteiger partial charge in [-0.3, -0.25) is 0 Å². The highest BCUT2D eigenvalue weighted by atomic mass is 32.1. The number of hydrogen-bond donors (Lipinski definition) is 3. The summed E-state index contributed by atoms with van der Waals surface area (Å²) in [5.74, 6) is 0.348. The molecular formula is C18H29N3OS. The number of nitrogens with zero attached hydrogens (tertiary/aromatic N) is 1. The predicted octanol–water partition coefficient (Wildman–Crippen LogP) is 4.70. The van der Waals surface area contributed by atoms with Crippen LogP contribution in [0.5, 0.6) is 0 Å². The average Bonchev–Trinajstić information content (AvgIpc) is 2.97. The van der Waals surface area contributed by atoms with Crippen molar-refractivity contribution in [2.75, 3.05) is 0 Å². The summed E-state index contributed by atoms with van der Waals surface area (Å²) in [6.45, 7) is 4.20. The molecule has 0 aromatic carbocycles. The predicted molar refractivity (Wildman–Crippen MR) is 96.9 cm³/mol. The van der Waals surface area contributed by atoms with Gasteiger partial charge in [0, 0.05) is 24.0 Å². The highest BCUT2D eigenvalue weighted by Gasteiger charge is 2.37. The van der Waals surface area contributed by atoms with Crippen LogP contribution in [0.3, 0.4) is 0 Å². The summed E-state index contributed by atoms with van der Waals surface area (Å²) >= 11 is 1.56. The second kappa shape index (κ2) is 8.15. The molecule has 1 aliphatic carbocycles. The van der Waals surface area contributed by atoms with Gasteiger partial charge < -0.3 is 15.9 Å². The van der Waals surface area contributed by atoms with Crippen LogP contribution in [0.15, 0.2) is 6.20 Å². The van der Waals surface area contributed by atoms with Crippen LogP contribution in [0.25, 0.3) is 0 Å². The Kier molecular flexibility index (Phi) is 6.48. The van der Waals surface area contributed by atoms with Crippen molar-refractivity contribution < 1.29 is 5.11 Å². The van der Waals surface area contributed by atoms with Gasteiger partial charge in [-0.15, -0.1) is 11.3 Å². The van der Waals surface area contributed by atoms with Crippen molar-refractivity contribution in [2.45, 2.75) is 77.2 Å². The normalized spacial score (nSPS) is 24.6. The van der Waals surface area contributed by atoms with Crippen LogP contribution in [0.4, 0.5) is 0 Å². The quantitative estimate of drug-likeness (QED) is 0.602. The maximum absolute atomic E-state index is 11.0. The van der Waals surface area contributed by atoms with Gasteiger partial charge in [0.25, 0.3) is 0 Å². The highest BCUT2D eigenvalue weighted by molar-refractivity contribution is 7.11. The third-order valence-corrected chi connectivity index (χ3v) is 5.94. The minimum absolute atomic E-state index is 0.348. The Labute approximate surface area is 143 Å². The standard InChI is InChI=1S/C18H29N3OS/c1-3-5-14(19)11-17-21-12-16(23-17)18(22)9-7-13(8-10-18)15(20)6-4-2/h12-13,19-20,22H,3-11H2,1-2H3. The zero-order valence-corrected chi connectivity index (χ0v) is 15.1. The number of aliphatic hydroxyl groups is 1. The molecule has 1 aliphatic rings. The minimum atomic E-state index is -0.772. The number of rotatable bonds is 8. The molecule has 1 aromatic rings. The molecule has 1 heterocycles. The first kappa shape index (κ1) is 18.3. The maximum atomic E-state index is 11.0. The monoisotopic (exact) mass is 335 g/mol. The van der Waals surface area contributed by atoms with E-state index in [1.165, 1.54) is 0 Å². The molecule has 0 amide bonds. The van der Waals surface area contributed by atoms with Gasteiger partial charge in [0.05, 0.1) is 9.88 Å². The van der Waals surface area contributed by atoms with Crippen LogP contribution >= 0.6 is 11.3 Å². The van der Waals surface area contributed by atoms with E-state index in [4.69, 9.17) is 10.8 Å².